The number of amides is 2. The van der Waals surface area contributed by atoms with Crippen LogP contribution in [0.4, 0.5) is 5.69 Å². The van der Waals surface area contributed by atoms with Crippen LogP contribution in [0.5, 0.6) is 5.75 Å². The van der Waals surface area contributed by atoms with Crippen molar-refractivity contribution in [2.75, 3.05) is 18.6 Å². The van der Waals surface area contributed by atoms with Crippen LogP contribution < -0.4 is 15.0 Å². The monoisotopic (exact) mass is 338 g/mol. The molecule has 3 rings (SSSR count). The van der Waals surface area contributed by atoms with Crippen LogP contribution in [0.3, 0.4) is 0 Å². The van der Waals surface area contributed by atoms with E-state index in [1.165, 1.54) is 0 Å². The smallest absolute Gasteiger partial charge is 0.251 e. The predicted molar refractivity (Wildman–Crippen MR) is 96.9 cm³/mol. The fourth-order valence-electron chi connectivity index (χ4n) is 2.99. The van der Waals surface area contributed by atoms with Gasteiger partial charge in [-0.1, -0.05) is 18.2 Å². The maximum Gasteiger partial charge on any atom is 0.251 e. The van der Waals surface area contributed by atoms with Gasteiger partial charge in [-0.2, -0.15) is 0 Å². The van der Waals surface area contributed by atoms with E-state index >= 15 is 0 Å². The van der Waals surface area contributed by atoms with Gasteiger partial charge < -0.3 is 15.0 Å². The molecule has 1 aliphatic heterocycles. The quantitative estimate of drug-likeness (QED) is 0.910. The number of ether oxygens (including phenoxy) is 1. The van der Waals surface area contributed by atoms with E-state index in [9.17, 15) is 9.59 Å². The minimum Gasteiger partial charge on any atom is -0.497 e. The van der Waals surface area contributed by atoms with Crippen LogP contribution in [0, 0.1) is 0 Å². The lowest BCUT2D eigenvalue weighted by Gasteiger charge is -2.18. The van der Waals surface area contributed by atoms with Gasteiger partial charge in [-0.05, 0) is 49.2 Å². The summed E-state index contributed by atoms with van der Waals surface area (Å²) in [4.78, 5) is 26.2. The molecule has 5 nitrogen and oxygen atoms in total. The zero-order chi connectivity index (χ0) is 17.8. The summed E-state index contributed by atoms with van der Waals surface area (Å²) in [5, 5.41) is 3.00. The molecule has 1 saturated heterocycles. The lowest BCUT2D eigenvalue weighted by molar-refractivity contribution is -0.117. The normalized spacial score (nSPS) is 15.1. The van der Waals surface area contributed by atoms with E-state index < -0.39 is 0 Å². The Morgan fingerprint density at radius 2 is 1.96 bits per heavy atom. The number of methoxy groups -OCH3 is 1. The molecule has 0 spiro atoms. The number of carbonyl (C=O) groups is 2. The van der Waals surface area contributed by atoms with Crippen LogP contribution >= 0.6 is 0 Å². The molecule has 5 heteroatoms. The van der Waals surface area contributed by atoms with Crippen molar-refractivity contribution in [3.8, 4) is 5.75 Å². The van der Waals surface area contributed by atoms with E-state index in [1.54, 1.807) is 24.1 Å². The molecule has 2 amide bonds. The number of nitrogens with one attached hydrogen (secondary N) is 1. The summed E-state index contributed by atoms with van der Waals surface area (Å²) in [5.41, 5.74) is 2.34. The van der Waals surface area contributed by atoms with Crippen molar-refractivity contribution in [3.63, 3.8) is 0 Å². The van der Waals surface area contributed by atoms with Crippen LogP contribution in [-0.4, -0.2) is 25.5 Å². The number of hydrogen-bond donors (Lipinski definition) is 1. The molecular weight excluding hydrogens is 316 g/mol. The Kier molecular flexibility index (Phi) is 5.03. The van der Waals surface area contributed by atoms with Crippen molar-refractivity contribution in [3.05, 3.63) is 59.7 Å². The number of hydrogen-bond acceptors (Lipinski definition) is 3. The van der Waals surface area contributed by atoms with Crippen LogP contribution in [-0.2, 0) is 4.79 Å². The Bertz CT molecular complexity index is 771. The summed E-state index contributed by atoms with van der Waals surface area (Å²) in [5.74, 6) is 0.742. The van der Waals surface area contributed by atoms with Gasteiger partial charge in [0.1, 0.15) is 5.75 Å². The molecule has 0 bridgehead atoms. The standard InChI is InChI=1S/C20H22N2O3/c1-14(15-8-10-18(25-2)11-9-15)21-20(24)16-5-3-6-17(13-16)22-12-4-7-19(22)23/h3,5-6,8-11,13-14H,4,7,12H2,1-2H3,(H,21,24). The highest BCUT2D eigenvalue weighted by Gasteiger charge is 2.22. The topological polar surface area (TPSA) is 58.6 Å². The molecule has 1 heterocycles. The number of nitrogens with zero attached hydrogens (tertiary/aromatic N) is 1. The van der Waals surface area contributed by atoms with Crippen molar-refractivity contribution in [2.24, 2.45) is 0 Å². The number of anilines is 1. The Hall–Kier alpha value is -2.82. The highest BCUT2D eigenvalue weighted by molar-refractivity contribution is 5.99. The largest absolute Gasteiger partial charge is 0.497 e. The van der Waals surface area contributed by atoms with Gasteiger partial charge in [0.2, 0.25) is 5.91 Å². The van der Waals surface area contributed by atoms with Crippen molar-refractivity contribution in [1.29, 1.82) is 0 Å². The third-order valence-electron chi connectivity index (χ3n) is 4.46. The summed E-state index contributed by atoms with van der Waals surface area (Å²) < 4.78 is 5.15. The zero-order valence-corrected chi connectivity index (χ0v) is 14.5. The third kappa shape index (κ3) is 3.82. The van der Waals surface area contributed by atoms with E-state index in [1.807, 2.05) is 43.3 Å². The molecule has 0 aliphatic carbocycles. The maximum atomic E-state index is 12.6. The summed E-state index contributed by atoms with van der Waals surface area (Å²) >= 11 is 0. The summed E-state index contributed by atoms with van der Waals surface area (Å²) in [7, 11) is 1.62. The maximum absolute atomic E-state index is 12.6. The minimum atomic E-state index is -0.156. The molecule has 1 atom stereocenters. The highest BCUT2D eigenvalue weighted by Crippen LogP contribution is 2.23. The van der Waals surface area contributed by atoms with Crippen LogP contribution in [0.15, 0.2) is 48.5 Å². The van der Waals surface area contributed by atoms with Gasteiger partial charge in [-0.15, -0.1) is 0 Å². The number of benzene rings is 2. The first-order valence-electron chi connectivity index (χ1n) is 8.44. The first-order valence-corrected chi connectivity index (χ1v) is 8.44. The molecular formula is C20H22N2O3. The number of carbonyl (C=O) groups excluding carboxylic acids is 2. The molecule has 1 aliphatic rings. The minimum absolute atomic E-state index is 0.115. The second-order valence-corrected chi connectivity index (χ2v) is 6.17. The van der Waals surface area contributed by atoms with Gasteiger partial charge in [0.15, 0.2) is 0 Å². The first-order chi connectivity index (χ1) is 12.1. The van der Waals surface area contributed by atoms with Crippen molar-refractivity contribution < 1.29 is 14.3 Å². The van der Waals surface area contributed by atoms with E-state index in [2.05, 4.69) is 5.32 Å². The van der Waals surface area contributed by atoms with Crippen LogP contribution in [0.2, 0.25) is 0 Å². The molecule has 0 saturated carbocycles. The molecule has 2 aromatic rings. The van der Waals surface area contributed by atoms with E-state index in [0.717, 1.165) is 23.4 Å². The van der Waals surface area contributed by atoms with Gasteiger partial charge in [0, 0.05) is 24.2 Å². The second kappa shape index (κ2) is 7.38. The first kappa shape index (κ1) is 17.0. The second-order valence-electron chi connectivity index (χ2n) is 6.17. The molecule has 1 fully saturated rings. The van der Waals surface area contributed by atoms with E-state index in [0.29, 0.717) is 18.5 Å². The Morgan fingerprint density at radius 1 is 1.20 bits per heavy atom. The van der Waals surface area contributed by atoms with Gasteiger partial charge >= 0.3 is 0 Å². The van der Waals surface area contributed by atoms with Crippen molar-refractivity contribution in [2.45, 2.75) is 25.8 Å². The van der Waals surface area contributed by atoms with Crippen LogP contribution in [0.25, 0.3) is 0 Å². The van der Waals surface area contributed by atoms with Crippen molar-refractivity contribution >= 4 is 17.5 Å². The van der Waals surface area contributed by atoms with Crippen molar-refractivity contribution in [1.82, 2.24) is 5.32 Å². The van der Waals surface area contributed by atoms with Gasteiger partial charge in [-0.3, -0.25) is 9.59 Å². The SMILES string of the molecule is COc1ccc(C(C)NC(=O)c2cccc(N3CCCC3=O)c2)cc1. The van der Waals surface area contributed by atoms with Gasteiger partial charge in [0.25, 0.3) is 5.91 Å². The van der Waals surface area contributed by atoms with Gasteiger partial charge in [0.05, 0.1) is 13.2 Å². The number of rotatable bonds is 5. The zero-order valence-electron chi connectivity index (χ0n) is 14.5. The molecule has 130 valence electrons. The fraction of sp³-hybridized carbons (Fsp3) is 0.300. The predicted octanol–water partition coefficient (Wildman–Crippen LogP) is 3.31. The summed E-state index contributed by atoms with van der Waals surface area (Å²) in [6.07, 6.45) is 1.44. The average Bonchev–Trinajstić information content (AvgIpc) is 3.07. The molecule has 1 unspecified atom stereocenters. The molecule has 1 N–H and O–H groups in total. The molecule has 0 radical (unpaired) electrons. The Morgan fingerprint density at radius 3 is 2.60 bits per heavy atom. The lowest BCUT2D eigenvalue weighted by Crippen LogP contribution is -2.27. The van der Waals surface area contributed by atoms with E-state index in [4.69, 9.17) is 4.74 Å². The van der Waals surface area contributed by atoms with E-state index in [-0.39, 0.29) is 17.9 Å². The highest BCUT2D eigenvalue weighted by atomic mass is 16.5. The summed E-state index contributed by atoms with van der Waals surface area (Å²) in [6.45, 7) is 2.65. The molecule has 0 aromatic heterocycles. The molecule has 25 heavy (non-hydrogen) atoms. The van der Waals surface area contributed by atoms with Crippen LogP contribution in [0.1, 0.15) is 41.7 Å². The summed E-state index contributed by atoms with van der Waals surface area (Å²) in [6, 6.07) is 14.7. The third-order valence-corrected chi connectivity index (χ3v) is 4.46. The Labute approximate surface area is 147 Å². The molecule has 2 aromatic carbocycles. The van der Waals surface area contributed by atoms with Gasteiger partial charge in [-0.25, -0.2) is 0 Å². The lowest BCUT2D eigenvalue weighted by atomic mass is 10.1. The Balaban J connectivity index is 1.71. The average molecular weight is 338 g/mol. The fourth-order valence-corrected chi connectivity index (χ4v) is 2.99.